The molecule has 0 amide bonds. The van der Waals surface area contributed by atoms with Crippen LogP contribution in [0.1, 0.15) is 19.3 Å². The van der Waals surface area contributed by atoms with E-state index in [1.807, 2.05) is 0 Å². The minimum atomic E-state index is 0. The first kappa shape index (κ1) is 11.2. The van der Waals surface area contributed by atoms with Crippen LogP contribution in [0.2, 0.25) is 0 Å². The molecule has 0 saturated carbocycles. The number of hydrogen-bond acceptors (Lipinski definition) is 2. The van der Waals surface area contributed by atoms with Crippen molar-refractivity contribution >= 4 is 12.4 Å². The van der Waals surface area contributed by atoms with Crippen LogP contribution in [-0.2, 0) is 0 Å². The maximum absolute atomic E-state index is 3.49. The molecule has 0 spiro atoms. The third-order valence-electron chi connectivity index (χ3n) is 2.09. The largest absolute Gasteiger partial charge is 0.314 e. The van der Waals surface area contributed by atoms with Gasteiger partial charge in [-0.15, -0.1) is 12.4 Å². The summed E-state index contributed by atoms with van der Waals surface area (Å²) < 4.78 is 0. The summed E-state index contributed by atoms with van der Waals surface area (Å²) in [7, 11) is 4.27. The van der Waals surface area contributed by atoms with E-state index in [1.54, 1.807) is 0 Å². The molecule has 1 aliphatic heterocycles. The quantitative estimate of drug-likeness (QED) is 0.697. The number of nitrogens with zero attached hydrogens (tertiary/aromatic N) is 1. The molecule has 1 saturated heterocycles. The zero-order chi connectivity index (χ0) is 7.40. The second-order valence-corrected chi connectivity index (χ2v) is 3.39. The van der Waals surface area contributed by atoms with Crippen LogP contribution in [-0.4, -0.2) is 38.1 Å². The van der Waals surface area contributed by atoms with Crippen LogP contribution in [0.5, 0.6) is 0 Å². The third kappa shape index (κ3) is 4.62. The number of hydrogen-bond donors (Lipinski definition) is 1. The van der Waals surface area contributed by atoms with Crippen molar-refractivity contribution in [2.75, 3.05) is 27.2 Å². The summed E-state index contributed by atoms with van der Waals surface area (Å²) in [6, 6.07) is 0.808. The smallest absolute Gasteiger partial charge is 0.00797 e. The first-order valence-corrected chi connectivity index (χ1v) is 4.17. The Balaban J connectivity index is 0.000001000. The highest BCUT2D eigenvalue weighted by atomic mass is 35.5. The Morgan fingerprint density at radius 3 is 2.64 bits per heavy atom. The van der Waals surface area contributed by atoms with E-state index >= 15 is 0 Å². The predicted octanol–water partition coefficient (Wildman–Crippen LogP) is 1.11. The molecule has 0 aromatic rings. The van der Waals surface area contributed by atoms with Crippen LogP contribution >= 0.6 is 12.4 Å². The van der Waals surface area contributed by atoms with E-state index in [-0.39, 0.29) is 12.4 Å². The lowest BCUT2D eigenvalue weighted by Gasteiger charge is -2.13. The van der Waals surface area contributed by atoms with E-state index in [4.69, 9.17) is 0 Å². The second-order valence-electron chi connectivity index (χ2n) is 3.39. The minimum absolute atomic E-state index is 0. The van der Waals surface area contributed by atoms with Crippen molar-refractivity contribution in [1.82, 2.24) is 10.2 Å². The molecule has 1 atom stereocenters. The third-order valence-corrected chi connectivity index (χ3v) is 2.09. The van der Waals surface area contributed by atoms with Gasteiger partial charge in [0, 0.05) is 6.04 Å². The Morgan fingerprint density at radius 1 is 1.45 bits per heavy atom. The topological polar surface area (TPSA) is 15.3 Å². The maximum Gasteiger partial charge on any atom is 0.00797 e. The van der Waals surface area contributed by atoms with Gasteiger partial charge in [0.25, 0.3) is 0 Å². The summed E-state index contributed by atoms with van der Waals surface area (Å²) in [6.45, 7) is 2.45. The van der Waals surface area contributed by atoms with Crippen LogP contribution < -0.4 is 5.32 Å². The van der Waals surface area contributed by atoms with Gasteiger partial charge in [-0.05, 0) is 46.4 Å². The molecule has 0 aliphatic carbocycles. The van der Waals surface area contributed by atoms with Gasteiger partial charge in [-0.1, -0.05) is 0 Å². The zero-order valence-corrected chi connectivity index (χ0v) is 8.28. The van der Waals surface area contributed by atoms with Gasteiger partial charge >= 0.3 is 0 Å². The highest BCUT2D eigenvalue weighted by Crippen LogP contribution is 2.08. The summed E-state index contributed by atoms with van der Waals surface area (Å²) in [5.41, 5.74) is 0. The SMILES string of the molecule is CN(C)CC[C@@H]1CCCN1.Cl. The molecule has 11 heavy (non-hydrogen) atoms. The van der Waals surface area contributed by atoms with Gasteiger partial charge in [-0.2, -0.15) is 0 Å². The van der Waals surface area contributed by atoms with Crippen molar-refractivity contribution in [1.29, 1.82) is 0 Å². The molecule has 2 nitrogen and oxygen atoms in total. The van der Waals surface area contributed by atoms with Crippen LogP contribution in [0.3, 0.4) is 0 Å². The Hall–Kier alpha value is 0.210. The van der Waals surface area contributed by atoms with Crippen molar-refractivity contribution < 1.29 is 0 Å². The van der Waals surface area contributed by atoms with E-state index in [0.717, 1.165) is 6.04 Å². The van der Waals surface area contributed by atoms with E-state index in [9.17, 15) is 0 Å². The Morgan fingerprint density at radius 2 is 2.18 bits per heavy atom. The van der Waals surface area contributed by atoms with Crippen molar-refractivity contribution in [2.45, 2.75) is 25.3 Å². The molecule has 1 rings (SSSR count). The molecular weight excluding hydrogens is 160 g/mol. The summed E-state index contributed by atoms with van der Waals surface area (Å²) >= 11 is 0. The van der Waals surface area contributed by atoms with Crippen molar-refractivity contribution in [3.8, 4) is 0 Å². The normalized spacial score (nSPS) is 23.7. The van der Waals surface area contributed by atoms with Gasteiger partial charge in [0.2, 0.25) is 0 Å². The first-order valence-electron chi connectivity index (χ1n) is 4.17. The molecule has 0 aromatic carbocycles. The van der Waals surface area contributed by atoms with Gasteiger partial charge in [-0.3, -0.25) is 0 Å². The van der Waals surface area contributed by atoms with Gasteiger partial charge < -0.3 is 10.2 Å². The average molecular weight is 179 g/mol. The van der Waals surface area contributed by atoms with E-state index < -0.39 is 0 Å². The fourth-order valence-electron chi connectivity index (χ4n) is 1.42. The second kappa shape index (κ2) is 5.81. The fourth-order valence-corrected chi connectivity index (χ4v) is 1.42. The first-order chi connectivity index (χ1) is 4.79. The van der Waals surface area contributed by atoms with Gasteiger partial charge in [0.15, 0.2) is 0 Å². The van der Waals surface area contributed by atoms with Crippen molar-refractivity contribution in [2.24, 2.45) is 0 Å². The maximum atomic E-state index is 3.49. The van der Waals surface area contributed by atoms with Crippen molar-refractivity contribution in [3.63, 3.8) is 0 Å². The average Bonchev–Trinajstić information content (AvgIpc) is 2.34. The molecule has 0 bridgehead atoms. The fraction of sp³-hybridized carbons (Fsp3) is 1.00. The molecule has 1 heterocycles. The lowest BCUT2D eigenvalue weighted by molar-refractivity contribution is 0.371. The lowest BCUT2D eigenvalue weighted by atomic mass is 10.1. The predicted molar refractivity (Wildman–Crippen MR) is 51.4 cm³/mol. The Bertz CT molecular complexity index is 90.1. The minimum Gasteiger partial charge on any atom is -0.314 e. The molecule has 1 aliphatic rings. The van der Waals surface area contributed by atoms with Crippen LogP contribution in [0.25, 0.3) is 0 Å². The van der Waals surface area contributed by atoms with Crippen LogP contribution in [0, 0.1) is 0 Å². The Kier molecular flexibility index (Phi) is 5.92. The van der Waals surface area contributed by atoms with Gasteiger partial charge in [0.05, 0.1) is 0 Å². The van der Waals surface area contributed by atoms with Gasteiger partial charge in [-0.25, -0.2) is 0 Å². The van der Waals surface area contributed by atoms with E-state index in [2.05, 4.69) is 24.3 Å². The molecule has 0 unspecified atom stereocenters. The summed E-state index contributed by atoms with van der Waals surface area (Å²) in [5, 5.41) is 3.49. The van der Waals surface area contributed by atoms with Crippen LogP contribution in [0.15, 0.2) is 0 Å². The number of rotatable bonds is 3. The summed E-state index contributed by atoms with van der Waals surface area (Å²) in [5.74, 6) is 0. The summed E-state index contributed by atoms with van der Waals surface area (Å²) in [6.07, 6.45) is 4.07. The number of halogens is 1. The van der Waals surface area contributed by atoms with Crippen molar-refractivity contribution in [3.05, 3.63) is 0 Å². The van der Waals surface area contributed by atoms with Gasteiger partial charge in [0.1, 0.15) is 0 Å². The molecule has 1 N–H and O–H groups in total. The molecular formula is C8H19ClN2. The molecule has 1 fully saturated rings. The van der Waals surface area contributed by atoms with E-state index in [1.165, 1.54) is 32.4 Å². The zero-order valence-electron chi connectivity index (χ0n) is 7.47. The lowest BCUT2D eigenvalue weighted by Crippen LogP contribution is -2.26. The van der Waals surface area contributed by atoms with Crippen LogP contribution in [0.4, 0.5) is 0 Å². The molecule has 0 radical (unpaired) electrons. The highest BCUT2D eigenvalue weighted by molar-refractivity contribution is 5.85. The monoisotopic (exact) mass is 178 g/mol. The molecule has 3 heteroatoms. The standard InChI is InChI=1S/C8H18N2.ClH/c1-10(2)7-5-8-4-3-6-9-8;/h8-9H,3-7H2,1-2H3;1H/t8-;/m0./s1. The summed E-state index contributed by atoms with van der Waals surface area (Å²) in [4.78, 5) is 2.25. The van der Waals surface area contributed by atoms with E-state index in [0.29, 0.717) is 0 Å². The molecule has 0 aromatic heterocycles. The number of nitrogens with one attached hydrogen (secondary N) is 1. The highest BCUT2D eigenvalue weighted by Gasteiger charge is 2.12. The molecule has 68 valence electrons. The Labute approximate surface area is 75.8 Å².